The standard InChI is InChI=1S/C15H19ClN2S/c1-11(13-5-3-4-6-14(13)16)18(2)15(9-17)12-7-8-19-10-12/h3-8,10-11,15H,9,17H2,1-2H3. The van der Waals surface area contributed by atoms with Crippen molar-refractivity contribution in [3.63, 3.8) is 0 Å². The van der Waals surface area contributed by atoms with E-state index in [0.29, 0.717) is 6.54 Å². The normalized spacial score (nSPS) is 14.6. The van der Waals surface area contributed by atoms with Gasteiger partial charge >= 0.3 is 0 Å². The molecule has 0 radical (unpaired) electrons. The Kier molecular flexibility index (Phi) is 4.99. The zero-order valence-corrected chi connectivity index (χ0v) is 12.8. The molecule has 0 amide bonds. The summed E-state index contributed by atoms with van der Waals surface area (Å²) >= 11 is 7.98. The van der Waals surface area contributed by atoms with Crippen LogP contribution >= 0.6 is 22.9 Å². The predicted molar refractivity (Wildman–Crippen MR) is 83.7 cm³/mol. The maximum atomic E-state index is 6.28. The van der Waals surface area contributed by atoms with Crippen LogP contribution in [-0.4, -0.2) is 18.5 Å². The molecule has 0 aliphatic carbocycles. The van der Waals surface area contributed by atoms with Gasteiger partial charge in [0.1, 0.15) is 0 Å². The molecule has 0 saturated heterocycles. The minimum absolute atomic E-state index is 0.220. The second kappa shape index (κ2) is 6.53. The lowest BCUT2D eigenvalue weighted by molar-refractivity contribution is 0.190. The van der Waals surface area contributed by atoms with Crippen LogP contribution in [0, 0.1) is 0 Å². The van der Waals surface area contributed by atoms with Crippen molar-refractivity contribution in [1.29, 1.82) is 0 Å². The van der Waals surface area contributed by atoms with Crippen LogP contribution < -0.4 is 5.73 Å². The van der Waals surface area contributed by atoms with Crippen molar-refractivity contribution < 1.29 is 0 Å². The maximum absolute atomic E-state index is 6.28. The van der Waals surface area contributed by atoms with Crippen molar-refractivity contribution in [2.75, 3.05) is 13.6 Å². The van der Waals surface area contributed by atoms with Gasteiger partial charge in [-0.15, -0.1) is 0 Å². The third-order valence-corrected chi connectivity index (χ3v) is 4.65. The van der Waals surface area contributed by atoms with Crippen molar-refractivity contribution in [2.24, 2.45) is 5.73 Å². The first-order chi connectivity index (χ1) is 9.15. The largest absolute Gasteiger partial charge is 0.329 e. The van der Waals surface area contributed by atoms with Crippen molar-refractivity contribution in [3.8, 4) is 0 Å². The second-order valence-electron chi connectivity index (χ2n) is 4.67. The summed E-state index contributed by atoms with van der Waals surface area (Å²) in [6.45, 7) is 2.76. The average Bonchev–Trinajstić information content (AvgIpc) is 2.93. The highest BCUT2D eigenvalue weighted by Crippen LogP contribution is 2.32. The number of nitrogens with zero attached hydrogens (tertiary/aromatic N) is 1. The van der Waals surface area contributed by atoms with Gasteiger partial charge in [-0.1, -0.05) is 29.8 Å². The summed E-state index contributed by atoms with van der Waals surface area (Å²) < 4.78 is 0. The quantitative estimate of drug-likeness (QED) is 0.900. The van der Waals surface area contributed by atoms with Crippen LogP contribution in [0.3, 0.4) is 0 Å². The smallest absolute Gasteiger partial charge is 0.0481 e. The Morgan fingerprint density at radius 3 is 2.63 bits per heavy atom. The molecule has 19 heavy (non-hydrogen) atoms. The fourth-order valence-electron chi connectivity index (χ4n) is 2.31. The number of halogens is 1. The molecule has 0 bridgehead atoms. The van der Waals surface area contributed by atoms with Gasteiger partial charge in [0.2, 0.25) is 0 Å². The molecule has 2 nitrogen and oxygen atoms in total. The van der Waals surface area contributed by atoms with Gasteiger partial charge in [-0.05, 0) is 48.0 Å². The van der Waals surface area contributed by atoms with E-state index in [1.54, 1.807) is 11.3 Å². The molecule has 2 N–H and O–H groups in total. The third-order valence-electron chi connectivity index (χ3n) is 3.61. The van der Waals surface area contributed by atoms with Crippen LogP contribution in [-0.2, 0) is 0 Å². The summed E-state index contributed by atoms with van der Waals surface area (Å²) in [4.78, 5) is 2.28. The summed E-state index contributed by atoms with van der Waals surface area (Å²) in [5.41, 5.74) is 8.36. The lowest BCUT2D eigenvalue weighted by Gasteiger charge is -2.33. The Bertz CT molecular complexity index is 513. The molecule has 0 aliphatic rings. The van der Waals surface area contributed by atoms with Crippen LogP contribution in [0.4, 0.5) is 0 Å². The van der Waals surface area contributed by atoms with E-state index in [0.717, 1.165) is 10.6 Å². The van der Waals surface area contributed by atoms with Crippen LogP contribution in [0.15, 0.2) is 41.1 Å². The number of hydrogen-bond acceptors (Lipinski definition) is 3. The molecule has 2 aromatic rings. The number of likely N-dealkylation sites (N-methyl/N-ethyl adjacent to an activating group) is 1. The molecule has 0 fully saturated rings. The average molecular weight is 295 g/mol. The molecular weight excluding hydrogens is 276 g/mol. The first kappa shape index (κ1) is 14.5. The van der Waals surface area contributed by atoms with Crippen molar-refractivity contribution in [1.82, 2.24) is 4.90 Å². The van der Waals surface area contributed by atoms with Gasteiger partial charge in [-0.2, -0.15) is 11.3 Å². The molecule has 102 valence electrons. The first-order valence-corrected chi connectivity index (χ1v) is 7.65. The van der Waals surface area contributed by atoms with Crippen molar-refractivity contribution in [3.05, 3.63) is 57.2 Å². The van der Waals surface area contributed by atoms with E-state index in [1.807, 2.05) is 18.2 Å². The number of thiophene rings is 1. The molecule has 1 heterocycles. The number of nitrogens with two attached hydrogens (primary N) is 1. The van der Waals surface area contributed by atoms with Crippen LogP contribution in [0.25, 0.3) is 0 Å². The first-order valence-electron chi connectivity index (χ1n) is 6.33. The Morgan fingerprint density at radius 2 is 2.05 bits per heavy atom. The van der Waals surface area contributed by atoms with Crippen molar-refractivity contribution >= 4 is 22.9 Å². The minimum atomic E-state index is 0.220. The maximum Gasteiger partial charge on any atom is 0.0481 e. The molecule has 2 rings (SSSR count). The summed E-state index contributed by atoms with van der Waals surface area (Å²) in [6, 6.07) is 10.6. The summed E-state index contributed by atoms with van der Waals surface area (Å²) in [5, 5.41) is 5.06. The Morgan fingerprint density at radius 1 is 1.32 bits per heavy atom. The molecular formula is C15H19ClN2S. The zero-order valence-electron chi connectivity index (χ0n) is 11.2. The fraction of sp³-hybridized carbons (Fsp3) is 0.333. The van der Waals surface area contributed by atoms with E-state index in [2.05, 4.69) is 41.8 Å². The van der Waals surface area contributed by atoms with Gasteiger partial charge < -0.3 is 5.73 Å². The van der Waals surface area contributed by atoms with E-state index in [4.69, 9.17) is 17.3 Å². The van der Waals surface area contributed by atoms with Gasteiger partial charge in [0, 0.05) is 23.7 Å². The lowest BCUT2D eigenvalue weighted by atomic mass is 10.0. The van der Waals surface area contributed by atoms with Crippen LogP contribution in [0.2, 0.25) is 5.02 Å². The molecule has 0 saturated carbocycles. The van der Waals surface area contributed by atoms with Gasteiger partial charge in [0.05, 0.1) is 0 Å². The highest BCUT2D eigenvalue weighted by Gasteiger charge is 2.22. The SMILES string of the molecule is CC(c1ccccc1Cl)N(C)C(CN)c1ccsc1. The predicted octanol–water partition coefficient (Wildman–Crippen LogP) is 4.09. The topological polar surface area (TPSA) is 29.3 Å². The number of hydrogen-bond donors (Lipinski definition) is 1. The lowest BCUT2D eigenvalue weighted by Crippen LogP contribution is -2.32. The molecule has 0 aliphatic heterocycles. The van der Waals surface area contributed by atoms with Gasteiger partial charge in [0.15, 0.2) is 0 Å². The van der Waals surface area contributed by atoms with E-state index >= 15 is 0 Å². The Labute approximate surface area is 123 Å². The molecule has 1 aromatic carbocycles. The van der Waals surface area contributed by atoms with Crippen LogP contribution in [0.5, 0.6) is 0 Å². The molecule has 0 spiro atoms. The fourth-order valence-corrected chi connectivity index (χ4v) is 3.31. The highest BCUT2D eigenvalue weighted by atomic mass is 35.5. The Balaban J connectivity index is 2.23. The Hall–Kier alpha value is -0.870. The molecule has 2 atom stereocenters. The monoisotopic (exact) mass is 294 g/mol. The minimum Gasteiger partial charge on any atom is -0.329 e. The second-order valence-corrected chi connectivity index (χ2v) is 5.86. The van der Waals surface area contributed by atoms with E-state index < -0.39 is 0 Å². The zero-order chi connectivity index (χ0) is 13.8. The number of benzene rings is 1. The van der Waals surface area contributed by atoms with Gasteiger partial charge in [-0.3, -0.25) is 4.90 Å². The molecule has 1 aromatic heterocycles. The van der Waals surface area contributed by atoms with E-state index in [9.17, 15) is 0 Å². The number of rotatable bonds is 5. The van der Waals surface area contributed by atoms with Crippen LogP contribution in [0.1, 0.15) is 30.1 Å². The van der Waals surface area contributed by atoms with E-state index in [-0.39, 0.29) is 12.1 Å². The summed E-state index contributed by atoms with van der Waals surface area (Å²) in [6.07, 6.45) is 0. The van der Waals surface area contributed by atoms with Crippen molar-refractivity contribution in [2.45, 2.75) is 19.0 Å². The third kappa shape index (κ3) is 3.18. The molecule has 2 unspecified atom stereocenters. The summed E-state index contributed by atoms with van der Waals surface area (Å²) in [7, 11) is 2.10. The highest BCUT2D eigenvalue weighted by molar-refractivity contribution is 7.07. The summed E-state index contributed by atoms with van der Waals surface area (Å²) in [5.74, 6) is 0. The van der Waals surface area contributed by atoms with Gasteiger partial charge in [0.25, 0.3) is 0 Å². The van der Waals surface area contributed by atoms with Gasteiger partial charge in [-0.25, -0.2) is 0 Å². The molecule has 4 heteroatoms. The van der Waals surface area contributed by atoms with E-state index in [1.165, 1.54) is 5.56 Å².